The van der Waals surface area contributed by atoms with E-state index in [1.807, 2.05) is 4.90 Å². The number of anilines is 1. The molecule has 1 N–H and O–H groups in total. The van der Waals surface area contributed by atoms with Crippen molar-refractivity contribution < 1.29 is 13.9 Å². The number of aliphatic hydroxyl groups is 1. The van der Waals surface area contributed by atoms with Crippen molar-refractivity contribution in [1.29, 1.82) is 0 Å². The number of piperidine rings is 1. The zero-order valence-corrected chi connectivity index (χ0v) is 13.9. The Hall–Kier alpha value is -1.72. The van der Waals surface area contributed by atoms with Gasteiger partial charge in [-0.1, -0.05) is 17.7 Å². The number of aliphatic hydroxyl groups excluding tert-OH is 1. The Balaban J connectivity index is 1.85. The Morgan fingerprint density at radius 1 is 1.29 bits per heavy atom. The topological polar surface area (TPSA) is 36.4 Å². The maximum absolute atomic E-state index is 14.0. The Morgan fingerprint density at radius 2 is 2.12 bits per heavy atom. The van der Waals surface area contributed by atoms with Crippen molar-refractivity contribution in [2.24, 2.45) is 5.41 Å². The molecule has 1 aliphatic rings. The van der Waals surface area contributed by atoms with Gasteiger partial charge in [0.2, 0.25) is 0 Å². The van der Waals surface area contributed by atoms with Crippen LogP contribution in [0.3, 0.4) is 0 Å². The van der Waals surface area contributed by atoms with Gasteiger partial charge in [0.1, 0.15) is 17.5 Å². The molecule has 24 heavy (non-hydrogen) atoms. The number of rotatable bonds is 4. The van der Waals surface area contributed by atoms with Crippen LogP contribution in [0.2, 0.25) is 5.02 Å². The molecule has 2 heterocycles. The van der Waals surface area contributed by atoms with Gasteiger partial charge in [-0.2, -0.15) is 0 Å². The summed E-state index contributed by atoms with van der Waals surface area (Å²) in [5.74, 6) is -0.494. The third-order valence-corrected chi connectivity index (χ3v) is 4.91. The smallest absolute Gasteiger partial charge is 0.147 e. The van der Waals surface area contributed by atoms with E-state index in [2.05, 4.69) is 4.98 Å². The minimum atomic E-state index is -0.597. The van der Waals surface area contributed by atoms with E-state index in [9.17, 15) is 13.9 Å². The zero-order valence-electron chi connectivity index (χ0n) is 13.2. The molecule has 3 nitrogen and oxygen atoms in total. The summed E-state index contributed by atoms with van der Waals surface area (Å²) in [5, 5.41) is 10.6. The van der Waals surface area contributed by atoms with Gasteiger partial charge in [-0.15, -0.1) is 0 Å². The van der Waals surface area contributed by atoms with Gasteiger partial charge < -0.3 is 10.0 Å². The Morgan fingerprint density at radius 3 is 2.83 bits per heavy atom. The first-order valence-electron chi connectivity index (χ1n) is 7.93. The van der Waals surface area contributed by atoms with Gasteiger partial charge in [0.25, 0.3) is 0 Å². The van der Waals surface area contributed by atoms with E-state index in [1.54, 1.807) is 18.3 Å². The van der Waals surface area contributed by atoms with Crippen LogP contribution in [-0.4, -0.2) is 29.8 Å². The lowest BCUT2D eigenvalue weighted by atomic mass is 9.75. The molecule has 1 unspecified atom stereocenters. The molecule has 1 fully saturated rings. The summed E-state index contributed by atoms with van der Waals surface area (Å²) in [6.07, 6.45) is 3.63. The lowest BCUT2D eigenvalue weighted by molar-refractivity contribution is 0.104. The maximum Gasteiger partial charge on any atom is 0.147 e. The Kier molecular flexibility index (Phi) is 5.01. The third-order valence-electron chi connectivity index (χ3n) is 4.62. The zero-order chi connectivity index (χ0) is 17.2. The van der Waals surface area contributed by atoms with Gasteiger partial charge in [-0.3, -0.25) is 0 Å². The number of halogens is 3. The average molecular weight is 353 g/mol. The minimum absolute atomic E-state index is 0.0786. The lowest BCUT2D eigenvalue weighted by Crippen LogP contribution is -2.47. The van der Waals surface area contributed by atoms with Crippen molar-refractivity contribution in [2.75, 3.05) is 24.6 Å². The van der Waals surface area contributed by atoms with Crippen LogP contribution in [0, 0.1) is 17.0 Å². The predicted molar refractivity (Wildman–Crippen MR) is 90.3 cm³/mol. The maximum atomic E-state index is 14.0. The highest BCUT2D eigenvalue weighted by Gasteiger charge is 2.36. The standard InChI is InChI=1S/C18H19ClF2N2O/c19-15-3-1-7-22-17(15)23-8-2-6-18(11-23,12-24)10-13-4-5-14(20)9-16(13)21/h1,3-5,7,9,24H,2,6,8,10-12H2. The van der Waals surface area contributed by atoms with Crippen molar-refractivity contribution >= 4 is 17.4 Å². The first-order valence-corrected chi connectivity index (χ1v) is 8.31. The first-order chi connectivity index (χ1) is 11.5. The number of hydrogen-bond acceptors (Lipinski definition) is 3. The van der Waals surface area contributed by atoms with Crippen molar-refractivity contribution in [3.63, 3.8) is 0 Å². The Bertz CT molecular complexity index is 728. The highest BCUT2D eigenvalue weighted by atomic mass is 35.5. The number of pyridine rings is 1. The van der Waals surface area contributed by atoms with Gasteiger partial charge in [-0.25, -0.2) is 13.8 Å². The van der Waals surface area contributed by atoms with Gasteiger partial charge in [0.05, 0.1) is 11.6 Å². The molecular weight excluding hydrogens is 334 g/mol. The van der Waals surface area contributed by atoms with Crippen molar-refractivity contribution in [2.45, 2.75) is 19.3 Å². The van der Waals surface area contributed by atoms with Gasteiger partial charge in [0, 0.05) is 30.8 Å². The molecule has 128 valence electrons. The molecule has 0 radical (unpaired) electrons. The molecule has 6 heteroatoms. The second-order valence-electron chi connectivity index (χ2n) is 6.40. The summed E-state index contributed by atoms with van der Waals surface area (Å²) in [7, 11) is 0. The van der Waals surface area contributed by atoms with Crippen molar-refractivity contribution in [3.05, 3.63) is 58.7 Å². The SMILES string of the molecule is OCC1(Cc2ccc(F)cc2F)CCCN(c2ncccc2Cl)C1. The molecular formula is C18H19ClF2N2O. The molecule has 0 bridgehead atoms. The van der Waals surface area contributed by atoms with Crippen molar-refractivity contribution in [3.8, 4) is 0 Å². The molecule has 1 aliphatic heterocycles. The van der Waals surface area contributed by atoms with Crippen LogP contribution in [0.5, 0.6) is 0 Å². The highest BCUT2D eigenvalue weighted by molar-refractivity contribution is 6.32. The molecule has 1 atom stereocenters. The predicted octanol–water partition coefficient (Wildman–Crippen LogP) is 3.83. The average Bonchev–Trinajstić information content (AvgIpc) is 2.58. The van der Waals surface area contributed by atoms with E-state index in [0.717, 1.165) is 25.5 Å². The molecule has 2 aromatic rings. The van der Waals surface area contributed by atoms with Crippen LogP contribution < -0.4 is 4.90 Å². The lowest BCUT2D eigenvalue weighted by Gasteiger charge is -2.42. The molecule has 1 aromatic heterocycles. The van der Waals surface area contributed by atoms with Crippen LogP contribution in [0.15, 0.2) is 36.5 Å². The van der Waals surface area contributed by atoms with E-state index < -0.39 is 17.0 Å². The quantitative estimate of drug-likeness (QED) is 0.908. The second-order valence-corrected chi connectivity index (χ2v) is 6.81. The van der Waals surface area contributed by atoms with Crippen LogP contribution in [0.25, 0.3) is 0 Å². The summed E-state index contributed by atoms with van der Waals surface area (Å²) in [4.78, 5) is 6.36. The monoisotopic (exact) mass is 352 g/mol. The third kappa shape index (κ3) is 3.52. The summed E-state index contributed by atoms with van der Waals surface area (Å²) in [6, 6.07) is 7.13. The molecule has 1 aromatic carbocycles. The Labute approximate surface area is 144 Å². The van der Waals surface area contributed by atoms with E-state index >= 15 is 0 Å². The van der Waals surface area contributed by atoms with Crippen LogP contribution in [0.4, 0.5) is 14.6 Å². The number of benzene rings is 1. The number of aromatic nitrogens is 1. The molecule has 1 saturated heterocycles. The van der Waals surface area contributed by atoms with E-state index in [-0.39, 0.29) is 6.61 Å². The summed E-state index contributed by atoms with van der Waals surface area (Å²) < 4.78 is 27.1. The van der Waals surface area contributed by atoms with E-state index in [1.165, 1.54) is 12.1 Å². The fraction of sp³-hybridized carbons (Fsp3) is 0.389. The number of hydrogen-bond donors (Lipinski definition) is 1. The normalized spacial score (nSPS) is 21.1. The fourth-order valence-corrected chi connectivity index (χ4v) is 3.64. The summed E-state index contributed by atoms with van der Waals surface area (Å²) in [5.41, 5.74) is -0.0861. The number of nitrogens with zero attached hydrogens (tertiary/aromatic N) is 2. The first kappa shape index (κ1) is 17.1. The fourth-order valence-electron chi connectivity index (χ4n) is 3.40. The second kappa shape index (κ2) is 7.03. The van der Waals surface area contributed by atoms with Crippen LogP contribution in [0.1, 0.15) is 18.4 Å². The highest BCUT2D eigenvalue weighted by Crippen LogP contribution is 2.37. The molecule has 0 aliphatic carbocycles. The minimum Gasteiger partial charge on any atom is -0.396 e. The molecule has 3 rings (SSSR count). The summed E-state index contributed by atoms with van der Waals surface area (Å²) in [6.45, 7) is 1.23. The molecule has 0 spiro atoms. The van der Waals surface area contributed by atoms with Gasteiger partial charge in [0.15, 0.2) is 0 Å². The van der Waals surface area contributed by atoms with Gasteiger partial charge >= 0.3 is 0 Å². The van der Waals surface area contributed by atoms with Crippen LogP contribution in [-0.2, 0) is 6.42 Å². The summed E-state index contributed by atoms with van der Waals surface area (Å²) >= 11 is 6.23. The molecule has 0 amide bonds. The van der Waals surface area contributed by atoms with Crippen molar-refractivity contribution in [1.82, 2.24) is 4.98 Å². The van der Waals surface area contributed by atoms with Crippen LogP contribution >= 0.6 is 11.6 Å². The van der Waals surface area contributed by atoms with Gasteiger partial charge in [-0.05, 0) is 43.0 Å². The van der Waals surface area contributed by atoms with E-state index in [4.69, 9.17) is 11.6 Å². The largest absolute Gasteiger partial charge is 0.396 e. The molecule has 0 saturated carbocycles. The van der Waals surface area contributed by atoms with E-state index in [0.29, 0.717) is 29.4 Å².